The summed E-state index contributed by atoms with van der Waals surface area (Å²) in [7, 11) is 2.15. The molecule has 0 bridgehead atoms. The van der Waals surface area contributed by atoms with Gasteiger partial charge in [-0.3, -0.25) is 0 Å². The number of nitrogens with zero attached hydrogens (tertiary/aromatic N) is 5. The van der Waals surface area contributed by atoms with Gasteiger partial charge in [-0.15, -0.1) is 0 Å². The number of ether oxygens (including phenoxy) is 1. The first kappa shape index (κ1) is 20.8. The van der Waals surface area contributed by atoms with E-state index in [0.717, 1.165) is 72.3 Å². The van der Waals surface area contributed by atoms with Crippen LogP contribution < -0.4 is 10.1 Å². The normalized spacial score (nSPS) is 16.9. The Balaban J connectivity index is 1.36. The van der Waals surface area contributed by atoms with E-state index >= 15 is 0 Å². The molecule has 0 spiro atoms. The van der Waals surface area contributed by atoms with Gasteiger partial charge in [0.15, 0.2) is 0 Å². The van der Waals surface area contributed by atoms with Crippen molar-refractivity contribution >= 4 is 22.6 Å². The fourth-order valence-corrected chi connectivity index (χ4v) is 4.25. The molecule has 166 valence electrons. The Bertz CT molecular complexity index is 1150. The number of fused-ring (bicyclic) bond motifs is 2. The number of anilines is 1. The molecule has 7 heteroatoms. The highest BCUT2D eigenvalue weighted by Crippen LogP contribution is 2.33. The van der Waals surface area contributed by atoms with E-state index in [2.05, 4.69) is 59.3 Å². The van der Waals surface area contributed by atoms with Gasteiger partial charge < -0.3 is 15.0 Å². The highest BCUT2D eigenvalue weighted by atomic mass is 16.5. The van der Waals surface area contributed by atoms with Gasteiger partial charge in [-0.25, -0.2) is 19.9 Å². The van der Waals surface area contributed by atoms with Crippen LogP contribution in [0.15, 0.2) is 36.7 Å². The fourth-order valence-electron chi connectivity index (χ4n) is 4.25. The Morgan fingerprint density at radius 2 is 1.94 bits per heavy atom. The maximum absolute atomic E-state index is 6.14. The van der Waals surface area contributed by atoms with E-state index in [1.165, 1.54) is 0 Å². The number of likely N-dealkylation sites (tertiary alicyclic amines) is 1. The van der Waals surface area contributed by atoms with Crippen LogP contribution in [0.2, 0.25) is 0 Å². The molecule has 3 aromatic rings. The number of hydrogen-bond donors (Lipinski definition) is 1. The van der Waals surface area contributed by atoms with Crippen molar-refractivity contribution in [1.82, 2.24) is 24.8 Å². The van der Waals surface area contributed by atoms with Gasteiger partial charge in [-0.05, 0) is 49.1 Å². The van der Waals surface area contributed by atoms with Gasteiger partial charge in [-0.2, -0.15) is 0 Å². The topological polar surface area (TPSA) is 76.1 Å². The van der Waals surface area contributed by atoms with Crippen molar-refractivity contribution in [3.8, 4) is 5.88 Å². The van der Waals surface area contributed by atoms with Crippen molar-refractivity contribution in [3.05, 3.63) is 53.5 Å². The van der Waals surface area contributed by atoms with Crippen LogP contribution in [-0.2, 0) is 6.42 Å². The predicted octanol–water partition coefficient (Wildman–Crippen LogP) is 3.95. The third kappa shape index (κ3) is 4.43. The van der Waals surface area contributed by atoms with Gasteiger partial charge in [0.2, 0.25) is 11.8 Å². The molecular weight excluding hydrogens is 400 g/mol. The van der Waals surface area contributed by atoms with Crippen LogP contribution in [0.1, 0.15) is 43.5 Å². The summed E-state index contributed by atoms with van der Waals surface area (Å²) in [5, 5.41) is 3.31. The van der Waals surface area contributed by atoms with Gasteiger partial charge in [0, 0.05) is 37.8 Å². The van der Waals surface area contributed by atoms with Crippen molar-refractivity contribution in [2.75, 3.05) is 32.0 Å². The number of benzene rings is 1. The van der Waals surface area contributed by atoms with Crippen molar-refractivity contribution in [3.63, 3.8) is 0 Å². The molecule has 0 amide bonds. The minimum atomic E-state index is 0.209. The number of piperidine rings is 1. The number of allylic oxidation sites excluding steroid dienone is 1. The van der Waals surface area contributed by atoms with E-state index in [9.17, 15) is 0 Å². The number of hydrogen-bond acceptors (Lipinski definition) is 7. The minimum Gasteiger partial charge on any atom is -0.473 e. The Morgan fingerprint density at radius 3 is 2.75 bits per heavy atom. The highest BCUT2D eigenvalue weighted by molar-refractivity contribution is 5.88. The van der Waals surface area contributed by atoms with Crippen LogP contribution >= 0.6 is 0 Å². The molecule has 1 fully saturated rings. The molecule has 0 unspecified atom stereocenters. The molecule has 5 rings (SSSR count). The van der Waals surface area contributed by atoms with E-state index in [4.69, 9.17) is 14.7 Å². The van der Waals surface area contributed by atoms with Crippen LogP contribution in [0.4, 0.5) is 5.95 Å². The molecular formula is C25H30N6O. The van der Waals surface area contributed by atoms with Crippen molar-refractivity contribution < 1.29 is 4.74 Å². The number of aromatic nitrogens is 4. The van der Waals surface area contributed by atoms with Crippen LogP contribution in [0.25, 0.3) is 16.6 Å². The zero-order valence-electron chi connectivity index (χ0n) is 19.0. The first-order chi connectivity index (χ1) is 15.5. The van der Waals surface area contributed by atoms with E-state index < -0.39 is 0 Å². The smallest absolute Gasteiger partial charge is 0.233 e. The zero-order chi connectivity index (χ0) is 22.1. The molecule has 2 aliphatic rings. The minimum absolute atomic E-state index is 0.209. The molecule has 0 atom stereocenters. The van der Waals surface area contributed by atoms with E-state index in [0.29, 0.717) is 17.7 Å². The zero-order valence-corrected chi connectivity index (χ0v) is 19.0. The molecule has 0 saturated carbocycles. The average Bonchev–Trinajstić information content (AvgIpc) is 3.22. The number of rotatable bonds is 6. The van der Waals surface area contributed by atoms with Gasteiger partial charge in [0.1, 0.15) is 6.10 Å². The molecule has 1 aliphatic carbocycles. The Morgan fingerprint density at radius 1 is 1.09 bits per heavy atom. The fraction of sp³-hybridized carbons (Fsp3) is 0.440. The molecule has 7 nitrogen and oxygen atoms in total. The Hall–Kier alpha value is -3.06. The summed E-state index contributed by atoms with van der Waals surface area (Å²) in [6.07, 6.45) is 8.96. The maximum Gasteiger partial charge on any atom is 0.233 e. The summed E-state index contributed by atoms with van der Waals surface area (Å²) < 4.78 is 6.14. The third-order valence-electron chi connectivity index (χ3n) is 6.11. The van der Waals surface area contributed by atoms with E-state index in [1.807, 2.05) is 12.3 Å². The summed E-state index contributed by atoms with van der Waals surface area (Å²) in [4.78, 5) is 20.9. The van der Waals surface area contributed by atoms with Crippen molar-refractivity contribution in [2.24, 2.45) is 5.92 Å². The summed E-state index contributed by atoms with van der Waals surface area (Å²) in [6, 6.07) is 6.21. The van der Waals surface area contributed by atoms with Gasteiger partial charge in [0.05, 0.1) is 22.9 Å². The SMILES string of the molecule is CC(C)CNc1ncc2c(n1)CC=C2c1ccc2ncc(OC3CCN(C)CC3)nc2c1. The standard InChI is InChI=1S/C25H30N6O/c1-16(2)13-27-25-28-14-20-19(5-7-21(20)30-25)17-4-6-22-23(12-17)29-24(15-26-22)32-18-8-10-31(3)11-9-18/h4-6,12,14-16,18H,7-11,13H2,1-3H3,(H,27,28,30). The molecule has 1 saturated heterocycles. The monoisotopic (exact) mass is 430 g/mol. The van der Waals surface area contributed by atoms with Crippen LogP contribution in [-0.4, -0.2) is 57.6 Å². The van der Waals surface area contributed by atoms with Crippen LogP contribution in [0.3, 0.4) is 0 Å². The molecule has 3 heterocycles. The highest BCUT2D eigenvalue weighted by Gasteiger charge is 2.20. The molecule has 2 aromatic heterocycles. The number of nitrogens with one attached hydrogen (secondary N) is 1. The summed E-state index contributed by atoms with van der Waals surface area (Å²) in [5.41, 5.74) is 6.12. The van der Waals surface area contributed by atoms with Gasteiger partial charge in [0.25, 0.3) is 0 Å². The third-order valence-corrected chi connectivity index (χ3v) is 6.11. The Kier molecular flexibility index (Phi) is 5.74. The summed E-state index contributed by atoms with van der Waals surface area (Å²) in [5.74, 6) is 1.86. The largest absolute Gasteiger partial charge is 0.473 e. The van der Waals surface area contributed by atoms with E-state index in [-0.39, 0.29) is 6.10 Å². The van der Waals surface area contributed by atoms with Crippen LogP contribution in [0.5, 0.6) is 5.88 Å². The van der Waals surface area contributed by atoms with Crippen LogP contribution in [0, 0.1) is 5.92 Å². The predicted molar refractivity (Wildman–Crippen MR) is 127 cm³/mol. The van der Waals surface area contributed by atoms with E-state index in [1.54, 1.807) is 6.20 Å². The lowest BCUT2D eigenvalue weighted by atomic mass is 10.0. The van der Waals surface area contributed by atoms with Crippen molar-refractivity contribution in [1.29, 1.82) is 0 Å². The second kappa shape index (κ2) is 8.82. The maximum atomic E-state index is 6.14. The average molecular weight is 431 g/mol. The molecule has 1 aromatic carbocycles. The van der Waals surface area contributed by atoms with Crippen molar-refractivity contribution in [2.45, 2.75) is 39.2 Å². The second-order valence-corrected chi connectivity index (χ2v) is 9.18. The summed E-state index contributed by atoms with van der Waals surface area (Å²) >= 11 is 0. The van der Waals surface area contributed by atoms with Gasteiger partial charge >= 0.3 is 0 Å². The molecule has 1 N–H and O–H groups in total. The first-order valence-electron chi connectivity index (χ1n) is 11.5. The van der Waals surface area contributed by atoms with Gasteiger partial charge in [-0.1, -0.05) is 26.0 Å². The first-order valence-corrected chi connectivity index (χ1v) is 11.5. The Labute approximate surface area is 189 Å². The lowest BCUT2D eigenvalue weighted by Gasteiger charge is -2.28. The lowest BCUT2D eigenvalue weighted by molar-refractivity contribution is 0.110. The quantitative estimate of drug-likeness (QED) is 0.635. The molecule has 0 radical (unpaired) electrons. The second-order valence-electron chi connectivity index (χ2n) is 9.18. The summed E-state index contributed by atoms with van der Waals surface area (Å²) in [6.45, 7) is 7.32. The molecule has 1 aliphatic heterocycles. The lowest BCUT2D eigenvalue weighted by Crippen LogP contribution is -2.35. The molecule has 32 heavy (non-hydrogen) atoms.